The Kier molecular flexibility index (Phi) is 10.00. The monoisotopic (exact) mass is 428 g/mol. The highest BCUT2D eigenvalue weighted by Crippen LogP contribution is 2.40. The van der Waals surface area contributed by atoms with Crippen LogP contribution in [0.2, 0.25) is 0 Å². The van der Waals surface area contributed by atoms with E-state index in [1.807, 2.05) is 18.2 Å². The molecule has 1 aliphatic rings. The normalized spacial score (nSPS) is 26.0. The summed E-state index contributed by atoms with van der Waals surface area (Å²) in [6, 6.07) is 3.78. The number of halogens is 1. The van der Waals surface area contributed by atoms with Crippen molar-refractivity contribution < 1.29 is 19.7 Å². The number of carbonyl (C=O) groups is 1. The first-order valence-electron chi connectivity index (χ1n) is 10.3. The predicted octanol–water partition coefficient (Wildman–Crippen LogP) is 4.96. The molecule has 1 heterocycles. The van der Waals surface area contributed by atoms with Gasteiger partial charge >= 0.3 is 5.97 Å². The molecule has 5 atom stereocenters. The molecule has 4 nitrogen and oxygen atoms in total. The lowest BCUT2D eigenvalue weighted by molar-refractivity contribution is 0.0606. The third-order valence-electron chi connectivity index (χ3n) is 5.54. The molecular weight excluding hydrogens is 396 g/mol. The molecule has 0 bridgehead atoms. The van der Waals surface area contributed by atoms with Crippen molar-refractivity contribution in [3.8, 4) is 0 Å². The maximum atomic E-state index is 11.6. The van der Waals surface area contributed by atoms with Crippen molar-refractivity contribution in [3.05, 3.63) is 34.0 Å². The molecule has 1 saturated carbocycles. The molecule has 6 heteroatoms. The van der Waals surface area contributed by atoms with E-state index in [9.17, 15) is 15.0 Å². The van der Waals surface area contributed by atoms with Crippen molar-refractivity contribution in [2.24, 2.45) is 11.8 Å². The number of ether oxygens (including phenoxy) is 1. The average Bonchev–Trinajstić information content (AvgIpc) is 3.24. The number of rotatable bonds is 11. The van der Waals surface area contributed by atoms with E-state index in [4.69, 9.17) is 16.3 Å². The van der Waals surface area contributed by atoms with Gasteiger partial charge in [0.15, 0.2) is 0 Å². The van der Waals surface area contributed by atoms with Crippen molar-refractivity contribution in [2.45, 2.75) is 75.9 Å². The SMILES string of the molecule is CCCCC[C@H](O)C=C[C@@H]1[C@@H](CCCc2ccc(C(=O)OC)s2)[C@H](Cl)C[C@H]1O. The van der Waals surface area contributed by atoms with Crippen molar-refractivity contribution >= 4 is 28.9 Å². The molecule has 2 rings (SSSR count). The number of unbranched alkanes of at least 4 members (excludes halogenated alkanes) is 2. The van der Waals surface area contributed by atoms with Gasteiger partial charge in [-0.1, -0.05) is 38.3 Å². The third-order valence-corrected chi connectivity index (χ3v) is 7.16. The van der Waals surface area contributed by atoms with Gasteiger partial charge in [-0.3, -0.25) is 0 Å². The number of aliphatic hydroxyl groups excluding tert-OH is 2. The molecule has 0 radical (unpaired) electrons. The van der Waals surface area contributed by atoms with E-state index < -0.39 is 12.2 Å². The van der Waals surface area contributed by atoms with Crippen LogP contribution < -0.4 is 0 Å². The zero-order valence-electron chi connectivity index (χ0n) is 16.9. The molecule has 28 heavy (non-hydrogen) atoms. The molecule has 1 fully saturated rings. The van der Waals surface area contributed by atoms with E-state index in [1.165, 1.54) is 18.4 Å². The fraction of sp³-hybridized carbons (Fsp3) is 0.682. The molecule has 1 aliphatic carbocycles. The molecule has 0 spiro atoms. The molecule has 1 aromatic rings. The van der Waals surface area contributed by atoms with Gasteiger partial charge in [0.05, 0.1) is 19.3 Å². The molecular formula is C22H33ClO4S. The molecule has 0 aliphatic heterocycles. The molecule has 0 saturated heterocycles. The second-order valence-corrected chi connectivity index (χ2v) is 9.39. The van der Waals surface area contributed by atoms with Crippen LogP contribution in [0, 0.1) is 11.8 Å². The Bertz CT molecular complexity index is 630. The van der Waals surface area contributed by atoms with Gasteiger partial charge in [0.25, 0.3) is 0 Å². The van der Waals surface area contributed by atoms with Crippen molar-refractivity contribution in [1.82, 2.24) is 0 Å². The Labute approximate surface area is 177 Å². The van der Waals surface area contributed by atoms with Crippen LogP contribution in [0.3, 0.4) is 0 Å². The summed E-state index contributed by atoms with van der Waals surface area (Å²) >= 11 is 7.99. The highest BCUT2D eigenvalue weighted by atomic mass is 35.5. The Hall–Kier alpha value is -0.880. The van der Waals surface area contributed by atoms with E-state index in [1.54, 1.807) is 6.07 Å². The van der Waals surface area contributed by atoms with Crippen molar-refractivity contribution in [1.29, 1.82) is 0 Å². The largest absolute Gasteiger partial charge is 0.465 e. The minimum absolute atomic E-state index is 0.00251. The standard InChI is InChI=1S/C22H33ClO4S/c1-3-4-5-7-15(24)10-12-18-17(19(23)14-20(18)25)9-6-8-16-11-13-21(28-16)22(26)27-2/h10-13,15,17-20,24-25H,3-9,14H2,1-2H3/t15-,17+,18+,19+,20+/m0/s1. The van der Waals surface area contributed by atoms with Crippen LogP contribution in [0.25, 0.3) is 0 Å². The molecule has 1 aromatic heterocycles. The molecule has 0 aromatic carbocycles. The number of carbonyl (C=O) groups excluding carboxylic acids is 1. The van der Waals surface area contributed by atoms with E-state index in [0.29, 0.717) is 11.3 Å². The zero-order chi connectivity index (χ0) is 20.5. The van der Waals surface area contributed by atoms with Crippen LogP contribution in [0.4, 0.5) is 0 Å². The van der Waals surface area contributed by atoms with Crippen LogP contribution in [0.15, 0.2) is 24.3 Å². The second-order valence-electron chi connectivity index (χ2n) is 7.66. The number of aliphatic hydroxyl groups is 2. The minimum atomic E-state index is -0.448. The van der Waals surface area contributed by atoms with E-state index in [2.05, 4.69) is 6.92 Å². The number of alkyl halides is 1. The lowest BCUT2D eigenvalue weighted by Crippen LogP contribution is -2.19. The average molecular weight is 429 g/mol. The van der Waals surface area contributed by atoms with Crippen molar-refractivity contribution in [2.75, 3.05) is 7.11 Å². The Morgan fingerprint density at radius 1 is 1.39 bits per heavy atom. The Morgan fingerprint density at radius 2 is 2.18 bits per heavy atom. The molecule has 0 amide bonds. The Balaban J connectivity index is 1.85. The van der Waals surface area contributed by atoms with Crippen molar-refractivity contribution in [3.63, 3.8) is 0 Å². The van der Waals surface area contributed by atoms with Gasteiger partial charge in [-0.2, -0.15) is 0 Å². The maximum absolute atomic E-state index is 11.6. The molecule has 2 N–H and O–H groups in total. The van der Waals surface area contributed by atoms with E-state index in [0.717, 1.165) is 49.8 Å². The summed E-state index contributed by atoms with van der Waals surface area (Å²) in [7, 11) is 1.39. The van der Waals surface area contributed by atoms with Gasteiger partial charge in [-0.25, -0.2) is 4.79 Å². The van der Waals surface area contributed by atoms with E-state index >= 15 is 0 Å². The van der Waals surface area contributed by atoms with Gasteiger partial charge in [-0.15, -0.1) is 22.9 Å². The van der Waals surface area contributed by atoms with Crippen LogP contribution in [-0.4, -0.2) is 40.9 Å². The Morgan fingerprint density at radius 3 is 2.89 bits per heavy atom. The summed E-state index contributed by atoms with van der Waals surface area (Å²) in [5.41, 5.74) is 0. The zero-order valence-corrected chi connectivity index (χ0v) is 18.4. The number of hydrogen-bond acceptors (Lipinski definition) is 5. The highest BCUT2D eigenvalue weighted by Gasteiger charge is 2.39. The van der Waals surface area contributed by atoms with Gasteiger partial charge in [0, 0.05) is 16.2 Å². The van der Waals surface area contributed by atoms with Gasteiger partial charge < -0.3 is 14.9 Å². The van der Waals surface area contributed by atoms with Crippen LogP contribution in [-0.2, 0) is 11.2 Å². The highest BCUT2D eigenvalue weighted by molar-refractivity contribution is 7.13. The lowest BCUT2D eigenvalue weighted by atomic mass is 9.89. The third kappa shape index (κ3) is 6.87. The predicted molar refractivity (Wildman–Crippen MR) is 115 cm³/mol. The number of esters is 1. The van der Waals surface area contributed by atoms with E-state index in [-0.39, 0.29) is 23.2 Å². The first-order valence-corrected chi connectivity index (χ1v) is 11.6. The first-order chi connectivity index (χ1) is 13.5. The summed E-state index contributed by atoms with van der Waals surface area (Å²) in [6.07, 6.45) is 10.3. The van der Waals surface area contributed by atoms with Gasteiger partial charge in [-0.05, 0) is 50.2 Å². The maximum Gasteiger partial charge on any atom is 0.348 e. The fourth-order valence-corrected chi connectivity index (χ4v) is 5.37. The molecule has 158 valence electrons. The summed E-state index contributed by atoms with van der Waals surface area (Å²) in [4.78, 5) is 13.3. The van der Waals surface area contributed by atoms with Crippen LogP contribution in [0.1, 0.15) is 66.4 Å². The summed E-state index contributed by atoms with van der Waals surface area (Å²) in [6.45, 7) is 2.15. The summed E-state index contributed by atoms with van der Waals surface area (Å²) in [5.74, 6) is -0.0910. The smallest absolute Gasteiger partial charge is 0.348 e. The minimum Gasteiger partial charge on any atom is -0.465 e. The summed E-state index contributed by atoms with van der Waals surface area (Å²) < 4.78 is 4.75. The van der Waals surface area contributed by atoms with Gasteiger partial charge in [0.2, 0.25) is 0 Å². The number of hydrogen-bond donors (Lipinski definition) is 2. The summed E-state index contributed by atoms with van der Waals surface area (Å²) in [5, 5.41) is 20.5. The topological polar surface area (TPSA) is 66.8 Å². The number of aryl methyl sites for hydroxylation is 1. The quantitative estimate of drug-likeness (QED) is 0.226. The van der Waals surface area contributed by atoms with Gasteiger partial charge in [0.1, 0.15) is 4.88 Å². The molecule has 0 unspecified atom stereocenters. The van der Waals surface area contributed by atoms with Crippen LogP contribution >= 0.6 is 22.9 Å². The fourth-order valence-electron chi connectivity index (χ4n) is 3.92. The number of thiophene rings is 1. The first kappa shape index (κ1) is 23.4. The number of methoxy groups -OCH3 is 1. The lowest BCUT2D eigenvalue weighted by Gasteiger charge is -2.21. The van der Waals surface area contributed by atoms with Crippen LogP contribution in [0.5, 0.6) is 0 Å². The second kappa shape index (κ2) is 12.0.